The smallest absolute Gasteiger partial charge is 0.274 e. The highest BCUT2D eigenvalue weighted by Crippen LogP contribution is 2.21. The number of rotatable bonds is 5. The zero-order chi connectivity index (χ0) is 17.6. The van der Waals surface area contributed by atoms with Crippen molar-refractivity contribution in [2.24, 2.45) is 0 Å². The van der Waals surface area contributed by atoms with Gasteiger partial charge in [-0.2, -0.15) is 0 Å². The van der Waals surface area contributed by atoms with Gasteiger partial charge in [-0.1, -0.05) is 28.1 Å². The van der Waals surface area contributed by atoms with E-state index in [9.17, 15) is 4.79 Å². The maximum absolute atomic E-state index is 12.4. The van der Waals surface area contributed by atoms with Crippen LogP contribution in [0.25, 0.3) is 0 Å². The van der Waals surface area contributed by atoms with Gasteiger partial charge in [0.1, 0.15) is 5.69 Å². The van der Waals surface area contributed by atoms with Gasteiger partial charge in [0.05, 0.1) is 0 Å². The maximum Gasteiger partial charge on any atom is 0.274 e. The fraction of sp³-hybridized carbons (Fsp3) is 0.105. The van der Waals surface area contributed by atoms with E-state index in [0.29, 0.717) is 12.2 Å². The van der Waals surface area contributed by atoms with Crippen molar-refractivity contribution in [2.45, 2.75) is 13.5 Å². The number of aromatic nitrogens is 2. The molecule has 1 amide bonds. The first-order chi connectivity index (χ1) is 12.1. The lowest BCUT2D eigenvalue weighted by Crippen LogP contribution is -2.14. The Bertz CT molecular complexity index is 884. The Hall–Kier alpha value is -2.73. The molecule has 1 aromatic carbocycles. The summed E-state index contributed by atoms with van der Waals surface area (Å²) in [5.41, 5.74) is 4.08. The molecule has 5 nitrogen and oxygen atoms in total. The van der Waals surface area contributed by atoms with E-state index in [1.54, 1.807) is 24.7 Å². The van der Waals surface area contributed by atoms with Crippen molar-refractivity contribution in [2.75, 3.05) is 10.6 Å². The van der Waals surface area contributed by atoms with Crippen LogP contribution in [0, 0.1) is 6.92 Å². The molecule has 0 aliphatic carbocycles. The first-order valence-electron chi connectivity index (χ1n) is 7.78. The van der Waals surface area contributed by atoms with Crippen LogP contribution in [-0.4, -0.2) is 15.9 Å². The Morgan fingerprint density at radius 1 is 1.12 bits per heavy atom. The van der Waals surface area contributed by atoms with Crippen LogP contribution in [-0.2, 0) is 6.54 Å². The normalized spacial score (nSPS) is 10.3. The van der Waals surface area contributed by atoms with Crippen molar-refractivity contribution in [3.05, 3.63) is 82.3 Å². The lowest BCUT2D eigenvalue weighted by atomic mass is 10.2. The molecule has 25 heavy (non-hydrogen) atoms. The van der Waals surface area contributed by atoms with Crippen LogP contribution in [0.3, 0.4) is 0 Å². The quantitative estimate of drug-likeness (QED) is 0.669. The standard InChI is InChI=1S/C19H17BrN4O/c1-13-4-5-16(9-17(13)20)24-19(25)18-10-15(6-8-22-18)23-12-14-3-2-7-21-11-14/h2-11H,12H2,1H3,(H,22,23)(H,24,25). The van der Waals surface area contributed by atoms with Gasteiger partial charge in [0.25, 0.3) is 5.91 Å². The minimum Gasteiger partial charge on any atom is -0.381 e. The van der Waals surface area contributed by atoms with Gasteiger partial charge in [0, 0.05) is 41.0 Å². The van der Waals surface area contributed by atoms with Gasteiger partial charge in [-0.05, 0) is 48.4 Å². The second-order valence-electron chi connectivity index (χ2n) is 5.56. The highest BCUT2D eigenvalue weighted by Gasteiger charge is 2.09. The van der Waals surface area contributed by atoms with E-state index in [-0.39, 0.29) is 5.91 Å². The van der Waals surface area contributed by atoms with E-state index in [0.717, 1.165) is 27.0 Å². The molecule has 0 spiro atoms. The molecule has 0 aliphatic heterocycles. The molecule has 126 valence electrons. The largest absolute Gasteiger partial charge is 0.381 e. The van der Waals surface area contributed by atoms with E-state index in [1.807, 2.05) is 43.3 Å². The highest BCUT2D eigenvalue weighted by molar-refractivity contribution is 9.10. The van der Waals surface area contributed by atoms with Crippen LogP contribution in [0.2, 0.25) is 0 Å². The second kappa shape index (κ2) is 7.90. The van der Waals surface area contributed by atoms with Gasteiger partial charge in [-0.25, -0.2) is 0 Å². The molecule has 0 saturated heterocycles. The average Bonchev–Trinajstić information content (AvgIpc) is 2.64. The van der Waals surface area contributed by atoms with Gasteiger partial charge >= 0.3 is 0 Å². The number of nitrogens with one attached hydrogen (secondary N) is 2. The van der Waals surface area contributed by atoms with E-state index in [4.69, 9.17) is 0 Å². The van der Waals surface area contributed by atoms with Crippen LogP contribution in [0.15, 0.2) is 65.5 Å². The van der Waals surface area contributed by atoms with Crippen LogP contribution < -0.4 is 10.6 Å². The molecule has 0 fully saturated rings. The van der Waals surface area contributed by atoms with Crippen molar-refractivity contribution in [1.82, 2.24) is 9.97 Å². The van der Waals surface area contributed by atoms with Crippen LogP contribution >= 0.6 is 15.9 Å². The first-order valence-corrected chi connectivity index (χ1v) is 8.57. The molecule has 0 atom stereocenters. The number of anilines is 2. The number of pyridine rings is 2. The third-order valence-corrected chi connectivity index (χ3v) is 4.50. The molecule has 0 bridgehead atoms. The molecular formula is C19H17BrN4O. The van der Waals surface area contributed by atoms with E-state index < -0.39 is 0 Å². The summed E-state index contributed by atoms with van der Waals surface area (Å²) in [5, 5.41) is 6.13. The van der Waals surface area contributed by atoms with Gasteiger partial charge in [-0.15, -0.1) is 0 Å². The summed E-state index contributed by atoms with van der Waals surface area (Å²) in [6.45, 7) is 2.62. The van der Waals surface area contributed by atoms with Crippen LogP contribution in [0.4, 0.5) is 11.4 Å². The molecule has 2 heterocycles. The topological polar surface area (TPSA) is 66.9 Å². The van der Waals surface area contributed by atoms with E-state index in [2.05, 4.69) is 36.5 Å². The van der Waals surface area contributed by atoms with Crippen molar-refractivity contribution < 1.29 is 4.79 Å². The molecule has 6 heteroatoms. The summed E-state index contributed by atoms with van der Waals surface area (Å²) in [7, 11) is 0. The lowest BCUT2D eigenvalue weighted by Gasteiger charge is -2.09. The predicted octanol–water partition coefficient (Wildman–Crippen LogP) is 4.41. The van der Waals surface area contributed by atoms with Gasteiger partial charge in [-0.3, -0.25) is 14.8 Å². The average molecular weight is 397 g/mol. The Labute approximate surface area is 154 Å². The molecule has 0 aliphatic rings. The molecule has 0 saturated carbocycles. The summed E-state index contributed by atoms with van der Waals surface area (Å²) in [4.78, 5) is 20.6. The number of aryl methyl sites for hydroxylation is 1. The molecule has 3 rings (SSSR count). The van der Waals surface area contributed by atoms with Crippen LogP contribution in [0.5, 0.6) is 0 Å². The third kappa shape index (κ3) is 4.64. The highest BCUT2D eigenvalue weighted by atomic mass is 79.9. The lowest BCUT2D eigenvalue weighted by molar-refractivity contribution is 0.102. The number of halogens is 1. The summed E-state index contributed by atoms with van der Waals surface area (Å²) < 4.78 is 0.949. The summed E-state index contributed by atoms with van der Waals surface area (Å²) in [6.07, 6.45) is 5.16. The number of benzene rings is 1. The van der Waals surface area contributed by atoms with Crippen molar-refractivity contribution in [3.8, 4) is 0 Å². The zero-order valence-corrected chi connectivity index (χ0v) is 15.2. The Kier molecular flexibility index (Phi) is 5.40. The maximum atomic E-state index is 12.4. The van der Waals surface area contributed by atoms with Gasteiger partial charge < -0.3 is 10.6 Å². The third-order valence-electron chi connectivity index (χ3n) is 3.64. The molecule has 2 aromatic heterocycles. The number of nitrogens with zero attached hydrogens (tertiary/aromatic N) is 2. The fourth-order valence-corrected chi connectivity index (χ4v) is 2.62. The summed E-state index contributed by atoms with van der Waals surface area (Å²) in [5.74, 6) is -0.249. The van der Waals surface area contributed by atoms with Crippen molar-refractivity contribution in [3.63, 3.8) is 0 Å². The number of amides is 1. The molecule has 3 aromatic rings. The van der Waals surface area contributed by atoms with Gasteiger partial charge in [0.2, 0.25) is 0 Å². The number of carbonyl (C=O) groups is 1. The number of hydrogen-bond donors (Lipinski definition) is 2. The molecule has 0 unspecified atom stereocenters. The molecule has 2 N–H and O–H groups in total. The van der Waals surface area contributed by atoms with Crippen molar-refractivity contribution >= 4 is 33.2 Å². The predicted molar refractivity (Wildman–Crippen MR) is 103 cm³/mol. The van der Waals surface area contributed by atoms with E-state index in [1.165, 1.54) is 0 Å². The van der Waals surface area contributed by atoms with Gasteiger partial charge in [0.15, 0.2) is 0 Å². The Morgan fingerprint density at radius 2 is 2.00 bits per heavy atom. The minimum absolute atomic E-state index is 0.249. The Morgan fingerprint density at radius 3 is 2.76 bits per heavy atom. The summed E-state index contributed by atoms with van der Waals surface area (Å²) in [6, 6.07) is 13.1. The second-order valence-corrected chi connectivity index (χ2v) is 6.42. The zero-order valence-electron chi connectivity index (χ0n) is 13.7. The van der Waals surface area contributed by atoms with Crippen LogP contribution in [0.1, 0.15) is 21.6 Å². The van der Waals surface area contributed by atoms with Crippen molar-refractivity contribution in [1.29, 1.82) is 0 Å². The summed E-state index contributed by atoms with van der Waals surface area (Å²) >= 11 is 3.46. The first kappa shape index (κ1) is 17.1. The van der Waals surface area contributed by atoms with E-state index >= 15 is 0 Å². The SMILES string of the molecule is Cc1ccc(NC(=O)c2cc(NCc3cccnc3)ccn2)cc1Br. The monoisotopic (exact) mass is 396 g/mol. The fourth-order valence-electron chi connectivity index (χ4n) is 2.24. The number of hydrogen-bond acceptors (Lipinski definition) is 4. The Balaban J connectivity index is 1.67. The number of carbonyl (C=O) groups excluding carboxylic acids is 1. The minimum atomic E-state index is -0.249. The molecule has 0 radical (unpaired) electrons. The molecular weight excluding hydrogens is 380 g/mol.